The second-order valence-corrected chi connectivity index (χ2v) is 5.37. The van der Waals surface area contributed by atoms with E-state index in [2.05, 4.69) is 15.1 Å². The normalized spacial score (nSPS) is 15.4. The zero-order valence-electron chi connectivity index (χ0n) is 11.5. The number of benzene rings is 1. The Labute approximate surface area is 120 Å². The van der Waals surface area contributed by atoms with Crippen LogP contribution in [0.2, 0.25) is 0 Å². The first-order chi connectivity index (χ1) is 10.2. The molecule has 6 nitrogen and oxygen atoms in total. The number of carbonyl (C=O) groups excluding carboxylic acids is 1. The van der Waals surface area contributed by atoms with Gasteiger partial charge in [0.2, 0.25) is 5.89 Å². The lowest BCUT2D eigenvalue weighted by Crippen LogP contribution is -2.48. The second kappa shape index (κ2) is 4.44. The number of aromatic nitrogens is 3. The molecule has 1 fully saturated rings. The Hall–Kier alpha value is -2.63. The van der Waals surface area contributed by atoms with Gasteiger partial charge in [0.05, 0.1) is 5.92 Å². The molecule has 0 spiro atoms. The SMILES string of the molecule is Cc1noc(C2CN(C(=O)c3ccc4cc[nH]c4c3)C2)n1. The lowest BCUT2D eigenvalue weighted by Gasteiger charge is -2.37. The summed E-state index contributed by atoms with van der Waals surface area (Å²) in [6.45, 7) is 3.05. The minimum atomic E-state index is 0.0407. The zero-order chi connectivity index (χ0) is 14.4. The van der Waals surface area contributed by atoms with Crippen LogP contribution in [0.1, 0.15) is 28.0 Å². The van der Waals surface area contributed by atoms with E-state index in [9.17, 15) is 4.79 Å². The van der Waals surface area contributed by atoms with E-state index in [4.69, 9.17) is 4.52 Å². The largest absolute Gasteiger partial charge is 0.361 e. The standard InChI is InChI=1S/C15H14N4O2/c1-9-17-14(21-18-9)12-7-19(8-12)15(20)11-3-2-10-4-5-16-13(10)6-11/h2-6,12,16H,7-8H2,1H3. The third-order valence-corrected chi connectivity index (χ3v) is 3.86. The van der Waals surface area contributed by atoms with Crippen molar-refractivity contribution < 1.29 is 9.32 Å². The number of fused-ring (bicyclic) bond motifs is 1. The fraction of sp³-hybridized carbons (Fsp3) is 0.267. The monoisotopic (exact) mass is 282 g/mol. The zero-order valence-corrected chi connectivity index (χ0v) is 11.5. The van der Waals surface area contributed by atoms with Crippen LogP contribution in [0, 0.1) is 6.92 Å². The lowest BCUT2D eigenvalue weighted by molar-refractivity contribution is 0.0569. The van der Waals surface area contributed by atoms with Gasteiger partial charge < -0.3 is 14.4 Å². The fourth-order valence-corrected chi connectivity index (χ4v) is 2.64. The van der Waals surface area contributed by atoms with Gasteiger partial charge in [-0.1, -0.05) is 11.2 Å². The van der Waals surface area contributed by atoms with Gasteiger partial charge in [-0.05, 0) is 30.5 Å². The Bertz CT molecular complexity index is 814. The highest BCUT2D eigenvalue weighted by molar-refractivity contribution is 5.98. The number of aromatic amines is 1. The molecular weight excluding hydrogens is 268 g/mol. The molecule has 0 radical (unpaired) electrons. The summed E-state index contributed by atoms with van der Waals surface area (Å²) in [4.78, 5) is 21.6. The number of nitrogens with zero attached hydrogens (tertiary/aromatic N) is 3. The van der Waals surface area contributed by atoms with Crippen molar-refractivity contribution in [3.05, 3.63) is 47.7 Å². The number of hydrogen-bond donors (Lipinski definition) is 1. The number of amides is 1. The molecule has 1 aliphatic rings. The third-order valence-electron chi connectivity index (χ3n) is 3.86. The van der Waals surface area contributed by atoms with E-state index in [0.717, 1.165) is 10.9 Å². The molecule has 0 saturated carbocycles. The van der Waals surface area contributed by atoms with Gasteiger partial charge in [0.15, 0.2) is 5.82 Å². The predicted octanol–water partition coefficient (Wildman–Crippen LogP) is 2.10. The minimum Gasteiger partial charge on any atom is -0.361 e. The number of rotatable bonds is 2. The Kier molecular flexibility index (Phi) is 2.57. The summed E-state index contributed by atoms with van der Waals surface area (Å²) in [5.74, 6) is 1.45. The van der Waals surface area contributed by atoms with Crippen LogP contribution in [0.15, 0.2) is 35.0 Å². The van der Waals surface area contributed by atoms with E-state index in [1.807, 2.05) is 30.5 Å². The summed E-state index contributed by atoms with van der Waals surface area (Å²) in [6, 6.07) is 7.70. The van der Waals surface area contributed by atoms with E-state index in [0.29, 0.717) is 30.4 Å². The van der Waals surface area contributed by atoms with Gasteiger partial charge in [-0.2, -0.15) is 4.98 Å². The third kappa shape index (κ3) is 1.99. The first kappa shape index (κ1) is 12.1. The van der Waals surface area contributed by atoms with Crippen molar-refractivity contribution in [3.63, 3.8) is 0 Å². The number of aryl methyl sites for hydroxylation is 1. The fourth-order valence-electron chi connectivity index (χ4n) is 2.64. The van der Waals surface area contributed by atoms with Crippen LogP contribution in [0.5, 0.6) is 0 Å². The molecular formula is C15H14N4O2. The van der Waals surface area contributed by atoms with Crippen molar-refractivity contribution in [2.24, 2.45) is 0 Å². The maximum atomic E-state index is 12.4. The molecule has 21 heavy (non-hydrogen) atoms. The van der Waals surface area contributed by atoms with E-state index in [1.165, 1.54) is 0 Å². The van der Waals surface area contributed by atoms with Gasteiger partial charge in [0, 0.05) is 30.4 Å². The highest BCUT2D eigenvalue weighted by atomic mass is 16.5. The summed E-state index contributed by atoms with van der Waals surface area (Å²) >= 11 is 0. The molecule has 4 rings (SSSR count). The molecule has 3 aromatic rings. The van der Waals surface area contributed by atoms with E-state index >= 15 is 0 Å². The molecule has 6 heteroatoms. The van der Waals surface area contributed by atoms with Crippen LogP contribution in [-0.2, 0) is 0 Å². The maximum Gasteiger partial charge on any atom is 0.253 e. The van der Waals surface area contributed by atoms with Crippen molar-refractivity contribution in [2.45, 2.75) is 12.8 Å². The summed E-state index contributed by atoms with van der Waals surface area (Å²) in [5.41, 5.74) is 1.68. The average molecular weight is 282 g/mol. The van der Waals surface area contributed by atoms with Crippen molar-refractivity contribution in [2.75, 3.05) is 13.1 Å². The molecule has 0 atom stereocenters. The first-order valence-corrected chi connectivity index (χ1v) is 6.87. The average Bonchev–Trinajstić information content (AvgIpc) is 3.05. The van der Waals surface area contributed by atoms with Crippen LogP contribution in [-0.4, -0.2) is 39.0 Å². The molecule has 1 aliphatic heterocycles. The predicted molar refractivity (Wildman–Crippen MR) is 76.0 cm³/mol. The van der Waals surface area contributed by atoms with Gasteiger partial charge in [0.1, 0.15) is 0 Å². The van der Waals surface area contributed by atoms with E-state index in [-0.39, 0.29) is 11.8 Å². The van der Waals surface area contributed by atoms with Gasteiger partial charge in [-0.3, -0.25) is 4.79 Å². The molecule has 1 N–H and O–H groups in total. The van der Waals surface area contributed by atoms with Crippen molar-refractivity contribution in [3.8, 4) is 0 Å². The highest BCUT2D eigenvalue weighted by Gasteiger charge is 2.35. The van der Waals surface area contributed by atoms with Crippen molar-refractivity contribution >= 4 is 16.8 Å². The molecule has 106 valence electrons. The molecule has 0 aliphatic carbocycles. The van der Waals surface area contributed by atoms with Crippen molar-refractivity contribution in [1.82, 2.24) is 20.0 Å². The van der Waals surface area contributed by atoms with Gasteiger partial charge in [-0.25, -0.2) is 0 Å². The quantitative estimate of drug-likeness (QED) is 0.781. The van der Waals surface area contributed by atoms with E-state index < -0.39 is 0 Å². The molecule has 2 aromatic heterocycles. The Balaban J connectivity index is 1.49. The Morgan fingerprint density at radius 2 is 2.24 bits per heavy atom. The molecule has 0 bridgehead atoms. The van der Waals surface area contributed by atoms with Crippen LogP contribution in [0.4, 0.5) is 0 Å². The highest BCUT2D eigenvalue weighted by Crippen LogP contribution is 2.27. The van der Waals surface area contributed by atoms with Crippen molar-refractivity contribution in [1.29, 1.82) is 0 Å². The summed E-state index contributed by atoms with van der Waals surface area (Å²) in [6.07, 6.45) is 1.87. The van der Waals surface area contributed by atoms with Gasteiger partial charge in [0.25, 0.3) is 5.91 Å². The topological polar surface area (TPSA) is 75.0 Å². The van der Waals surface area contributed by atoms with Gasteiger partial charge >= 0.3 is 0 Å². The minimum absolute atomic E-state index is 0.0407. The molecule has 3 heterocycles. The number of hydrogen-bond acceptors (Lipinski definition) is 4. The van der Waals surface area contributed by atoms with Gasteiger partial charge in [-0.15, -0.1) is 0 Å². The number of nitrogens with one attached hydrogen (secondary N) is 1. The summed E-state index contributed by atoms with van der Waals surface area (Å²) < 4.78 is 5.15. The smallest absolute Gasteiger partial charge is 0.253 e. The number of carbonyl (C=O) groups is 1. The summed E-state index contributed by atoms with van der Waals surface area (Å²) in [7, 11) is 0. The van der Waals surface area contributed by atoms with E-state index in [1.54, 1.807) is 11.8 Å². The molecule has 1 aromatic carbocycles. The Morgan fingerprint density at radius 1 is 1.38 bits per heavy atom. The van der Waals surface area contributed by atoms with Crippen LogP contribution in [0.3, 0.4) is 0 Å². The van der Waals surface area contributed by atoms with Crippen LogP contribution in [0.25, 0.3) is 10.9 Å². The maximum absolute atomic E-state index is 12.4. The molecule has 0 unspecified atom stereocenters. The molecule has 1 saturated heterocycles. The summed E-state index contributed by atoms with van der Waals surface area (Å²) in [5, 5.41) is 4.89. The number of H-pyrrole nitrogens is 1. The molecule has 1 amide bonds. The second-order valence-electron chi connectivity index (χ2n) is 5.37. The van der Waals surface area contributed by atoms with Crippen LogP contribution < -0.4 is 0 Å². The van der Waals surface area contributed by atoms with Crippen LogP contribution >= 0.6 is 0 Å². The number of likely N-dealkylation sites (tertiary alicyclic amines) is 1. The first-order valence-electron chi connectivity index (χ1n) is 6.87. The lowest BCUT2D eigenvalue weighted by atomic mass is 9.98. The Morgan fingerprint density at radius 3 is 3.00 bits per heavy atom.